The molecule has 30 heavy (non-hydrogen) atoms. The first kappa shape index (κ1) is 20.1. The van der Waals surface area contributed by atoms with Crippen LogP contribution in [0, 0.1) is 19.7 Å². The van der Waals surface area contributed by atoms with Crippen molar-refractivity contribution >= 4 is 5.65 Å². The van der Waals surface area contributed by atoms with E-state index in [-0.39, 0.29) is 5.82 Å². The molecule has 7 heteroatoms. The maximum atomic E-state index is 14.0. The summed E-state index contributed by atoms with van der Waals surface area (Å²) >= 11 is 0. The summed E-state index contributed by atoms with van der Waals surface area (Å²) in [7, 11) is 1.93. The van der Waals surface area contributed by atoms with E-state index < -0.39 is 0 Å². The Morgan fingerprint density at radius 3 is 2.70 bits per heavy atom. The minimum Gasteiger partial charge on any atom is -0.492 e. The van der Waals surface area contributed by atoms with Gasteiger partial charge in [0.15, 0.2) is 0 Å². The predicted octanol–water partition coefficient (Wildman–Crippen LogP) is 3.61. The summed E-state index contributed by atoms with van der Waals surface area (Å²) in [6.45, 7) is 5.03. The molecule has 1 aromatic carbocycles. The molecule has 0 aliphatic carbocycles. The number of ether oxygens (including phenoxy) is 1. The predicted molar refractivity (Wildman–Crippen MR) is 115 cm³/mol. The van der Waals surface area contributed by atoms with Crippen LogP contribution in [-0.2, 0) is 19.9 Å². The van der Waals surface area contributed by atoms with Crippen molar-refractivity contribution in [3.63, 3.8) is 0 Å². The molecular weight excluding hydrogens is 381 g/mol. The summed E-state index contributed by atoms with van der Waals surface area (Å²) in [6, 6.07) is 8.58. The monoisotopic (exact) mass is 407 g/mol. The number of pyridine rings is 1. The van der Waals surface area contributed by atoms with Crippen molar-refractivity contribution in [2.75, 3.05) is 13.2 Å². The molecular formula is C23H26FN5O. The van der Waals surface area contributed by atoms with Crippen LogP contribution in [0.2, 0.25) is 0 Å². The topological polar surface area (TPSA) is 70.4 Å². The molecule has 0 bridgehead atoms. The van der Waals surface area contributed by atoms with Gasteiger partial charge in [-0.25, -0.2) is 9.37 Å². The minimum absolute atomic E-state index is 0.324. The smallest absolute Gasteiger partial charge is 0.136 e. The lowest BCUT2D eigenvalue weighted by Gasteiger charge is -2.13. The fourth-order valence-electron chi connectivity index (χ4n) is 3.82. The van der Waals surface area contributed by atoms with E-state index in [1.165, 1.54) is 17.7 Å². The molecule has 0 saturated carbocycles. The van der Waals surface area contributed by atoms with E-state index in [2.05, 4.69) is 10.1 Å². The molecule has 3 aromatic heterocycles. The maximum Gasteiger partial charge on any atom is 0.136 e. The number of halogens is 1. The van der Waals surface area contributed by atoms with Crippen LogP contribution in [0.5, 0.6) is 5.75 Å². The van der Waals surface area contributed by atoms with E-state index in [1.54, 1.807) is 6.07 Å². The van der Waals surface area contributed by atoms with Crippen molar-refractivity contribution in [2.45, 2.75) is 26.7 Å². The van der Waals surface area contributed by atoms with Gasteiger partial charge < -0.3 is 14.9 Å². The largest absolute Gasteiger partial charge is 0.492 e. The second kappa shape index (κ2) is 8.28. The first-order chi connectivity index (χ1) is 14.5. The van der Waals surface area contributed by atoms with E-state index in [0.29, 0.717) is 25.3 Å². The molecule has 0 atom stereocenters. The van der Waals surface area contributed by atoms with E-state index in [0.717, 1.165) is 40.3 Å². The molecule has 0 aliphatic rings. The normalized spacial score (nSPS) is 11.4. The highest BCUT2D eigenvalue weighted by molar-refractivity contribution is 5.71. The number of nitrogens with two attached hydrogens (primary N) is 1. The SMILES string of the molecule is Cc1nn(C)c(C)c1CCOc1cc(F)ccc1-c1ccc2ncc(CCN)n2c1. The molecule has 4 rings (SSSR count). The second-order valence-electron chi connectivity index (χ2n) is 7.45. The van der Waals surface area contributed by atoms with Crippen molar-refractivity contribution in [3.05, 3.63) is 71.2 Å². The van der Waals surface area contributed by atoms with Gasteiger partial charge in [-0.05, 0) is 50.2 Å². The lowest BCUT2D eigenvalue weighted by molar-refractivity contribution is 0.321. The van der Waals surface area contributed by atoms with Gasteiger partial charge in [-0.1, -0.05) is 0 Å². The molecule has 0 aliphatic heterocycles. The number of benzene rings is 1. The molecule has 156 valence electrons. The van der Waals surface area contributed by atoms with Gasteiger partial charge in [-0.15, -0.1) is 0 Å². The van der Waals surface area contributed by atoms with Gasteiger partial charge in [0.2, 0.25) is 0 Å². The average Bonchev–Trinajstić information content (AvgIpc) is 3.23. The van der Waals surface area contributed by atoms with Crippen molar-refractivity contribution in [1.82, 2.24) is 19.2 Å². The summed E-state index contributed by atoms with van der Waals surface area (Å²) in [5, 5.41) is 4.45. The third-order valence-electron chi connectivity index (χ3n) is 5.51. The standard InChI is InChI=1S/C23H26FN5O/c1-15-20(16(2)28(3)27-15)9-11-30-22-12-18(24)5-6-21(22)17-4-7-23-26-13-19(8-10-25)29(23)14-17/h4-7,12-14H,8-11,25H2,1-3H3. The van der Waals surface area contributed by atoms with Gasteiger partial charge in [-0.2, -0.15) is 5.10 Å². The summed E-state index contributed by atoms with van der Waals surface area (Å²) in [5.41, 5.74) is 12.7. The molecule has 0 radical (unpaired) electrons. The van der Waals surface area contributed by atoms with Crippen molar-refractivity contribution in [3.8, 4) is 16.9 Å². The Hall–Kier alpha value is -3.19. The summed E-state index contributed by atoms with van der Waals surface area (Å²) < 4.78 is 23.9. The van der Waals surface area contributed by atoms with Gasteiger partial charge in [0.1, 0.15) is 17.2 Å². The Morgan fingerprint density at radius 1 is 1.13 bits per heavy atom. The zero-order valence-corrected chi connectivity index (χ0v) is 17.5. The lowest BCUT2D eigenvalue weighted by Crippen LogP contribution is -2.06. The molecule has 6 nitrogen and oxygen atoms in total. The van der Waals surface area contributed by atoms with Crippen LogP contribution in [0.3, 0.4) is 0 Å². The number of imidazole rings is 1. The van der Waals surface area contributed by atoms with Gasteiger partial charge >= 0.3 is 0 Å². The van der Waals surface area contributed by atoms with Crippen LogP contribution < -0.4 is 10.5 Å². The molecule has 0 fully saturated rings. The van der Waals surface area contributed by atoms with Crippen molar-refractivity contribution in [2.24, 2.45) is 12.8 Å². The fourth-order valence-corrected chi connectivity index (χ4v) is 3.82. The van der Waals surface area contributed by atoms with Gasteiger partial charge in [0.25, 0.3) is 0 Å². The van der Waals surface area contributed by atoms with Crippen LogP contribution >= 0.6 is 0 Å². The zero-order chi connectivity index (χ0) is 21.3. The number of fused-ring (bicyclic) bond motifs is 1. The number of rotatable bonds is 7. The highest BCUT2D eigenvalue weighted by Crippen LogP contribution is 2.31. The summed E-state index contributed by atoms with van der Waals surface area (Å²) in [5.74, 6) is 0.198. The van der Waals surface area contributed by atoms with Gasteiger partial charge in [-0.3, -0.25) is 4.68 Å². The van der Waals surface area contributed by atoms with E-state index in [1.807, 2.05) is 54.5 Å². The number of aromatic nitrogens is 4. The van der Waals surface area contributed by atoms with Crippen LogP contribution in [-0.4, -0.2) is 32.3 Å². The van der Waals surface area contributed by atoms with Crippen LogP contribution in [0.4, 0.5) is 4.39 Å². The Labute approximate surface area is 175 Å². The Morgan fingerprint density at radius 2 is 1.97 bits per heavy atom. The Kier molecular flexibility index (Phi) is 5.55. The number of hydrogen-bond donors (Lipinski definition) is 1. The first-order valence-electron chi connectivity index (χ1n) is 10.1. The fraction of sp³-hybridized carbons (Fsp3) is 0.304. The summed E-state index contributed by atoms with van der Waals surface area (Å²) in [6.07, 6.45) is 5.29. The molecule has 2 N–H and O–H groups in total. The van der Waals surface area contributed by atoms with E-state index in [9.17, 15) is 4.39 Å². The highest BCUT2D eigenvalue weighted by Gasteiger charge is 2.13. The summed E-state index contributed by atoms with van der Waals surface area (Å²) in [4.78, 5) is 4.42. The minimum atomic E-state index is -0.324. The highest BCUT2D eigenvalue weighted by atomic mass is 19.1. The lowest BCUT2D eigenvalue weighted by atomic mass is 10.1. The number of hydrogen-bond acceptors (Lipinski definition) is 4. The number of nitrogens with zero attached hydrogens (tertiary/aromatic N) is 4. The van der Waals surface area contributed by atoms with Crippen LogP contribution in [0.1, 0.15) is 22.6 Å². The molecule has 0 unspecified atom stereocenters. The Balaban J connectivity index is 1.62. The zero-order valence-electron chi connectivity index (χ0n) is 17.5. The number of aryl methyl sites for hydroxylation is 2. The molecule has 0 saturated heterocycles. The second-order valence-corrected chi connectivity index (χ2v) is 7.45. The maximum absolute atomic E-state index is 14.0. The Bertz CT molecular complexity index is 1190. The van der Waals surface area contributed by atoms with Gasteiger partial charge in [0, 0.05) is 60.9 Å². The third kappa shape index (κ3) is 3.80. The first-order valence-corrected chi connectivity index (χ1v) is 10.1. The molecule has 0 amide bonds. The van der Waals surface area contributed by atoms with Crippen LogP contribution in [0.25, 0.3) is 16.8 Å². The van der Waals surface area contributed by atoms with Crippen molar-refractivity contribution < 1.29 is 9.13 Å². The third-order valence-corrected chi connectivity index (χ3v) is 5.51. The van der Waals surface area contributed by atoms with E-state index >= 15 is 0 Å². The van der Waals surface area contributed by atoms with Crippen LogP contribution in [0.15, 0.2) is 42.7 Å². The molecule has 4 aromatic rings. The quantitative estimate of drug-likeness (QED) is 0.508. The molecule has 0 spiro atoms. The molecule has 3 heterocycles. The average molecular weight is 407 g/mol. The van der Waals surface area contributed by atoms with Crippen molar-refractivity contribution in [1.29, 1.82) is 0 Å². The van der Waals surface area contributed by atoms with Gasteiger partial charge in [0.05, 0.1) is 12.3 Å². The van der Waals surface area contributed by atoms with E-state index in [4.69, 9.17) is 10.5 Å².